The van der Waals surface area contributed by atoms with Crippen LogP contribution < -0.4 is 5.32 Å². The molecule has 2 heterocycles. The van der Waals surface area contributed by atoms with Crippen LogP contribution in [0.5, 0.6) is 0 Å². The Bertz CT molecular complexity index is 557. The summed E-state index contributed by atoms with van der Waals surface area (Å²) in [6.07, 6.45) is 2.53. The summed E-state index contributed by atoms with van der Waals surface area (Å²) in [6.45, 7) is 1.10. The number of carbonyl (C=O) groups excluding carboxylic acids is 3. The molecule has 1 aliphatic heterocycles. The minimum atomic E-state index is -0.321. The zero-order valence-electron chi connectivity index (χ0n) is 13.6. The lowest BCUT2D eigenvalue weighted by Gasteiger charge is -2.26. The Labute approximate surface area is 140 Å². The Balaban J connectivity index is 1.74. The van der Waals surface area contributed by atoms with Gasteiger partial charge in [0.05, 0.1) is 0 Å². The molecule has 0 bridgehead atoms. The van der Waals surface area contributed by atoms with E-state index in [-0.39, 0.29) is 23.8 Å². The maximum Gasteiger partial charge on any atom is 0.252 e. The summed E-state index contributed by atoms with van der Waals surface area (Å²) in [4.78, 5) is 39.4. The van der Waals surface area contributed by atoms with Gasteiger partial charge in [0.2, 0.25) is 11.8 Å². The first-order chi connectivity index (χ1) is 11.0. The number of likely N-dealkylation sites (N-methyl/N-ethyl adjacent to an activating group) is 1. The van der Waals surface area contributed by atoms with E-state index in [1.54, 1.807) is 30.4 Å². The van der Waals surface area contributed by atoms with Gasteiger partial charge in [-0.1, -0.05) is 0 Å². The first-order valence-electron chi connectivity index (χ1n) is 7.81. The molecule has 1 N–H and O–H groups in total. The molecule has 0 spiro atoms. The van der Waals surface area contributed by atoms with Crippen LogP contribution in [0.25, 0.3) is 0 Å². The molecule has 1 fully saturated rings. The molecule has 1 saturated heterocycles. The summed E-state index contributed by atoms with van der Waals surface area (Å²) >= 11 is 1.48. The van der Waals surface area contributed by atoms with Gasteiger partial charge in [0, 0.05) is 44.5 Å². The van der Waals surface area contributed by atoms with Crippen LogP contribution >= 0.6 is 11.3 Å². The Morgan fingerprint density at radius 2 is 2.17 bits per heavy atom. The SMILES string of the molecule is CN(C)C(=O)[C@H]1CCCN1C(=O)CCCNC(=O)c1ccsc1. The summed E-state index contributed by atoms with van der Waals surface area (Å²) in [7, 11) is 3.42. The van der Waals surface area contributed by atoms with Crippen molar-refractivity contribution < 1.29 is 14.4 Å². The van der Waals surface area contributed by atoms with Gasteiger partial charge in [0.15, 0.2) is 0 Å². The number of carbonyl (C=O) groups is 3. The van der Waals surface area contributed by atoms with Gasteiger partial charge in [0.25, 0.3) is 5.91 Å². The molecule has 6 nitrogen and oxygen atoms in total. The summed E-state index contributed by atoms with van der Waals surface area (Å²) in [5.74, 6) is -0.130. The van der Waals surface area contributed by atoms with E-state index in [1.165, 1.54) is 16.2 Å². The zero-order chi connectivity index (χ0) is 16.8. The second kappa shape index (κ2) is 8.10. The largest absolute Gasteiger partial charge is 0.352 e. The van der Waals surface area contributed by atoms with Crippen molar-refractivity contribution in [3.05, 3.63) is 22.4 Å². The molecule has 0 radical (unpaired) electrons. The number of nitrogens with zero attached hydrogens (tertiary/aromatic N) is 2. The molecule has 1 aromatic rings. The van der Waals surface area contributed by atoms with Gasteiger partial charge in [-0.25, -0.2) is 0 Å². The molecule has 1 aromatic heterocycles. The summed E-state index contributed by atoms with van der Waals surface area (Å²) in [5, 5.41) is 6.45. The van der Waals surface area contributed by atoms with E-state index in [0.29, 0.717) is 31.5 Å². The summed E-state index contributed by atoms with van der Waals surface area (Å²) in [6, 6.07) is 1.45. The minimum Gasteiger partial charge on any atom is -0.352 e. The lowest BCUT2D eigenvalue weighted by molar-refractivity contribution is -0.142. The molecule has 0 unspecified atom stereocenters. The highest BCUT2D eigenvalue weighted by Crippen LogP contribution is 2.20. The third kappa shape index (κ3) is 4.54. The fourth-order valence-electron chi connectivity index (χ4n) is 2.70. The molecule has 2 rings (SSSR count). The second-order valence-corrected chi connectivity index (χ2v) is 6.63. The second-order valence-electron chi connectivity index (χ2n) is 5.85. The number of hydrogen-bond donors (Lipinski definition) is 1. The van der Waals surface area contributed by atoms with Crippen molar-refractivity contribution in [2.45, 2.75) is 31.7 Å². The van der Waals surface area contributed by atoms with E-state index >= 15 is 0 Å². The first kappa shape index (κ1) is 17.5. The number of thiophene rings is 1. The van der Waals surface area contributed by atoms with Crippen molar-refractivity contribution in [1.82, 2.24) is 15.1 Å². The van der Waals surface area contributed by atoms with Gasteiger partial charge in [-0.05, 0) is 30.7 Å². The number of nitrogens with one attached hydrogen (secondary N) is 1. The van der Waals surface area contributed by atoms with Crippen LogP contribution in [0.15, 0.2) is 16.8 Å². The molecule has 7 heteroatoms. The third-order valence-corrected chi connectivity index (χ3v) is 4.62. The smallest absolute Gasteiger partial charge is 0.252 e. The Hall–Kier alpha value is -1.89. The van der Waals surface area contributed by atoms with Gasteiger partial charge in [-0.15, -0.1) is 0 Å². The zero-order valence-corrected chi connectivity index (χ0v) is 14.4. The van der Waals surface area contributed by atoms with Gasteiger partial charge < -0.3 is 15.1 Å². The Kier molecular flexibility index (Phi) is 6.15. The van der Waals surface area contributed by atoms with E-state index in [2.05, 4.69) is 5.32 Å². The quantitative estimate of drug-likeness (QED) is 0.797. The average Bonchev–Trinajstić information content (AvgIpc) is 3.20. The number of amides is 3. The van der Waals surface area contributed by atoms with Gasteiger partial charge >= 0.3 is 0 Å². The minimum absolute atomic E-state index is 0.00696. The van der Waals surface area contributed by atoms with E-state index in [1.807, 2.05) is 5.38 Å². The lowest BCUT2D eigenvalue weighted by Crippen LogP contribution is -2.45. The maximum atomic E-state index is 12.3. The molecule has 0 aromatic carbocycles. The standard InChI is InChI=1S/C16H23N3O3S/c1-18(2)16(22)13-5-4-9-19(13)14(20)6-3-8-17-15(21)12-7-10-23-11-12/h7,10-11,13H,3-6,8-9H2,1-2H3,(H,17,21)/t13-/m1/s1. The topological polar surface area (TPSA) is 69.7 Å². The van der Waals surface area contributed by atoms with Crippen LogP contribution in [0.2, 0.25) is 0 Å². The number of rotatable bonds is 6. The van der Waals surface area contributed by atoms with E-state index in [9.17, 15) is 14.4 Å². The summed E-state index contributed by atoms with van der Waals surface area (Å²) in [5.41, 5.74) is 0.650. The van der Waals surface area contributed by atoms with Crippen molar-refractivity contribution >= 4 is 29.1 Å². The Morgan fingerprint density at radius 3 is 2.83 bits per heavy atom. The van der Waals surface area contributed by atoms with Crippen molar-refractivity contribution in [2.24, 2.45) is 0 Å². The highest BCUT2D eigenvalue weighted by Gasteiger charge is 2.34. The molecule has 126 valence electrons. The van der Waals surface area contributed by atoms with Crippen LogP contribution in [0.3, 0.4) is 0 Å². The van der Waals surface area contributed by atoms with Crippen LogP contribution in [0.1, 0.15) is 36.0 Å². The van der Waals surface area contributed by atoms with Crippen LogP contribution in [-0.2, 0) is 9.59 Å². The monoisotopic (exact) mass is 337 g/mol. The molecular weight excluding hydrogens is 314 g/mol. The predicted octanol–water partition coefficient (Wildman–Crippen LogP) is 1.34. The fourth-order valence-corrected chi connectivity index (χ4v) is 3.34. The lowest BCUT2D eigenvalue weighted by atomic mass is 10.2. The highest BCUT2D eigenvalue weighted by atomic mass is 32.1. The average molecular weight is 337 g/mol. The molecular formula is C16H23N3O3S. The van der Waals surface area contributed by atoms with Crippen molar-refractivity contribution in [2.75, 3.05) is 27.2 Å². The molecule has 0 aliphatic carbocycles. The van der Waals surface area contributed by atoms with E-state index in [4.69, 9.17) is 0 Å². The van der Waals surface area contributed by atoms with Crippen LogP contribution in [-0.4, -0.2) is 60.7 Å². The predicted molar refractivity (Wildman–Crippen MR) is 89.3 cm³/mol. The van der Waals surface area contributed by atoms with Crippen LogP contribution in [0, 0.1) is 0 Å². The highest BCUT2D eigenvalue weighted by molar-refractivity contribution is 7.08. The summed E-state index contributed by atoms with van der Waals surface area (Å²) < 4.78 is 0. The molecule has 1 atom stereocenters. The maximum absolute atomic E-state index is 12.3. The van der Waals surface area contributed by atoms with Gasteiger partial charge in [-0.2, -0.15) is 11.3 Å². The normalized spacial score (nSPS) is 17.1. The molecule has 3 amide bonds. The van der Waals surface area contributed by atoms with Crippen molar-refractivity contribution in [3.8, 4) is 0 Å². The number of hydrogen-bond acceptors (Lipinski definition) is 4. The van der Waals surface area contributed by atoms with Gasteiger partial charge in [0.1, 0.15) is 6.04 Å². The van der Waals surface area contributed by atoms with E-state index in [0.717, 1.165) is 12.8 Å². The third-order valence-electron chi connectivity index (χ3n) is 3.94. The first-order valence-corrected chi connectivity index (χ1v) is 8.76. The van der Waals surface area contributed by atoms with Crippen molar-refractivity contribution in [3.63, 3.8) is 0 Å². The van der Waals surface area contributed by atoms with Crippen LogP contribution in [0.4, 0.5) is 0 Å². The van der Waals surface area contributed by atoms with Gasteiger partial charge in [-0.3, -0.25) is 14.4 Å². The molecule has 23 heavy (non-hydrogen) atoms. The Morgan fingerprint density at radius 1 is 1.39 bits per heavy atom. The van der Waals surface area contributed by atoms with E-state index < -0.39 is 0 Å². The number of likely N-dealkylation sites (tertiary alicyclic amines) is 1. The molecule has 0 saturated carbocycles. The van der Waals surface area contributed by atoms with Crippen molar-refractivity contribution in [1.29, 1.82) is 0 Å². The molecule has 1 aliphatic rings. The fraction of sp³-hybridized carbons (Fsp3) is 0.562.